The molecule has 4 aromatic rings. The third kappa shape index (κ3) is 2.39. The summed E-state index contributed by atoms with van der Waals surface area (Å²) in [6.07, 6.45) is 11.3. The van der Waals surface area contributed by atoms with Crippen molar-refractivity contribution in [1.82, 2.24) is 19.1 Å². The van der Waals surface area contributed by atoms with E-state index < -0.39 is 0 Å². The zero-order valence-electron chi connectivity index (χ0n) is 12.1. The first-order valence-corrected chi connectivity index (χ1v) is 7.31. The summed E-state index contributed by atoms with van der Waals surface area (Å²) in [5.74, 6) is 0. The topological polar surface area (TPSA) is 35.6 Å². The van der Waals surface area contributed by atoms with Crippen LogP contribution in [0, 0.1) is 0 Å². The summed E-state index contributed by atoms with van der Waals surface area (Å²) in [7, 11) is 0. The lowest BCUT2D eigenvalue weighted by atomic mass is 9.99. The fraction of sp³-hybridized carbons (Fsp3) is 0.111. The minimum atomic E-state index is 0.839. The van der Waals surface area contributed by atoms with Crippen molar-refractivity contribution in [2.75, 3.05) is 0 Å². The Balaban J connectivity index is 1.77. The van der Waals surface area contributed by atoms with Crippen molar-refractivity contribution in [3.63, 3.8) is 0 Å². The minimum absolute atomic E-state index is 0.839. The maximum Gasteiger partial charge on any atom is 0.0949 e. The van der Waals surface area contributed by atoms with E-state index in [1.54, 1.807) is 0 Å². The van der Waals surface area contributed by atoms with Crippen molar-refractivity contribution in [3.8, 4) is 0 Å². The summed E-state index contributed by atoms with van der Waals surface area (Å²) in [5, 5.41) is 2.60. The van der Waals surface area contributed by atoms with Crippen LogP contribution in [0.25, 0.3) is 10.8 Å². The molecule has 0 unspecified atom stereocenters. The maximum absolute atomic E-state index is 4.12. The van der Waals surface area contributed by atoms with Crippen molar-refractivity contribution >= 4 is 10.8 Å². The lowest BCUT2D eigenvalue weighted by Gasteiger charge is -2.12. The van der Waals surface area contributed by atoms with Crippen LogP contribution in [0.1, 0.15) is 11.1 Å². The number of rotatable bonds is 4. The standard InChI is InChI=1S/C18H16N4/c1-2-4-18-16(12-22-10-8-20-14-22)6-5-15(17(18)3-1)11-21-9-7-19-13-21/h1-10,13-14H,11-12H2. The van der Waals surface area contributed by atoms with E-state index in [-0.39, 0.29) is 0 Å². The highest BCUT2D eigenvalue weighted by molar-refractivity contribution is 5.88. The molecule has 0 aliphatic heterocycles. The molecule has 0 amide bonds. The maximum atomic E-state index is 4.12. The summed E-state index contributed by atoms with van der Waals surface area (Å²) in [6, 6.07) is 13.0. The molecule has 0 N–H and O–H groups in total. The summed E-state index contributed by atoms with van der Waals surface area (Å²) < 4.78 is 4.19. The lowest BCUT2D eigenvalue weighted by molar-refractivity contribution is 0.793. The van der Waals surface area contributed by atoms with Gasteiger partial charge in [0, 0.05) is 37.9 Å². The average Bonchev–Trinajstić information content (AvgIpc) is 3.23. The van der Waals surface area contributed by atoms with Crippen LogP contribution in [0.2, 0.25) is 0 Å². The molecule has 0 aliphatic rings. The van der Waals surface area contributed by atoms with Gasteiger partial charge in [-0.3, -0.25) is 0 Å². The highest BCUT2D eigenvalue weighted by atomic mass is 15.0. The first kappa shape index (κ1) is 12.8. The van der Waals surface area contributed by atoms with Crippen LogP contribution in [0.3, 0.4) is 0 Å². The van der Waals surface area contributed by atoms with Crippen molar-refractivity contribution in [2.45, 2.75) is 13.1 Å². The van der Waals surface area contributed by atoms with E-state index in [0.717, 1.165) is 13.1 Å². The second-order valence-corrected chi connectivity index (χ2v) is 5.40. The van der Waals surface area contributed by atoms with Gasteiger partial charge in [-0.1, -0.05) is 36.4 Å². The molecule has 0 fully saturated rings. The highest BCUT2D eigenvalue weighted by Crippen LogP contribution is 2.24. The van der Waals surface area contributed by atoms with E-state index in [1.165, 1.54) is 21.9 Å². The number of aromatic nitrogens is 4. The van der Waals surface area contributed by atoms with E-state index in [1.807, 2.05) is 37.4 Å². The molecule has 0 saturated heterocycles. The zero-order chi connectivity index (χ0) is 14.8. The third-order valence-electron chi connectivity index (χ3n) is 3.93. The molecule has 4 rings (SSSR count). The van der Waals surface area contributed by atoms with E-state index in [2.05, 4.69) is 55.5 Å². The van der Waals surface area contributed by atoms with E-state index in [9.17, 15) is 0 Å². The highest BCUT2D eigenvalue weighted by Gasteiger charge is 2.06. The van der Waals surface area contributed by atoms with Crippen LogP contribution in [0.5, 0.6) is 0 Å². The lowest BCUT2D eigenvalue weighted by Crippen LogP contribution is -2.01. The van der Waals surface area contributed by atoms with E-state index >= 15 is 0 Å². The smallest absolute Gasteiger partial charge is 0.0949 e. The molecule has 22 heavy (non-hydrogen) atoms. The largest absolute Gasteiger partial charge is 0.333 e. The van der Waals surface area contributed by atoms with Crippen LogP contribution in [0.15, 0.2) is 73.8 Å². The molecule has 0 saturated carbocycles. The summed E-state index contributed by atoms with van der Waals surface area (Å²) in [4.78, 5) is 8.24. The fourth-order valence-electron chi connectivity index (χ4n) is 2.85. The molecule has 2 aromatic heterocycles. The number of fused-ring (bicyclic) bond motifs is 1. The molecule has 0 spiro atoms. The van der Waals surface area contributed by atoms with Gasteiger partial charge in [0.2, 0.25) is 0 Å². The van der Waals surface area contributed by atoms with Crippen LogP contribution >= 0.6 is 0 Å². The number of nitrogens with zero attached hydrogens (tertiary/aromatic N) is 4. The molecule has 2 aromatic carbocycles. The Morgan fingerprint density at radius 2 is 1.18 bits per heavy atom. The molecule has 2 heterocycles. The molecule has 108 valence electrons. The van der Waals surface area contributed by atoms with Gasteiger partial charge in [0.25, 0.3) is 0 Å². The summed E-state index contributed by atoms with van der Waals surface area (Å²) in [5.41, 5.74) is 2.62. The minimum Gasteiger partial charge on any atom is -0.333 e. The first-order valence-electron chi connectivity index (χ1n) is 7.31. The third-order valence-corrected chi connectivity index (χ3v) is 3.93. The predicted molar refractivity (Wildman–Crippen MR) is 86.6 cm³/mol. The fourth-order valence-corrected chi connectivity index (χ4v) is 2.85. The van der Waals surface area contributed by atoms with Crippen molar-refractivity contribution < 1.29 is 0 Å². The van der Waals surface area contributed by atoms with Crippen molar-refractivity contribution in [1.29, 1.82) is 0 Å². The molecule has 0 atom stereocenters. The Morgan fingerprint density at radius 1 is 0.682 bits per heavy atom. The Hall–Kier alpha value is -2.88. The van der Waals surface area contributed by atoms with Gasteiger partial charge in [0.05, 0.1) is 12.7 Å². The Labute approximate surface area is 128 Å². The first-order chi connectivity index (χ1) is 10.9. The molecular formula is C18H16N4. The van der Waals surface area contributed by atoms with E-state index in [0.29, 0.717) is 0 Å². The predicted octanol–water partition coefficient (Wildman–Crippen LogP) is 3.33. The van der Waals surface area contributed by atoms with Gasteiger partial charge in [-0.15, -0.1) is 0 Å². The molecule has 4 nitrogen and oxygen atoms in total. The molecule has 0 bridgehead atoms. The van der Waals surface area contributed by atoms with Crippen molar-refractivity contribution in [3.05, 3.63) is 85.0 Å². The molecule has 0 aliphatic carbocycles. The van der Waals surface area contributed by atoms with E-state index in [4.69, 9.17) is 0 Å². The normalized spacial score (nSPS) is 11.1. The number of benzene rings is 2. The van der Waals surface area contributed by atoms with Gasteiger partial charge >= 0.3 is 0 Å². The van der Waals surface area contributed by atoms with Crippen LogP contribution in [0.4, 0.5) is 0 Å². The van der Waals surface area contributed by atoms with Gasteiger partial charge in [-0.25, -0.2) is 9.97 Å². The van der Waals surface area contributed by atoms with Gasteiger partial charge in [0.15, 0.2) is 0 Å². The van der Waals surface area contributed by atoms with Crippen LogP contribution < -0.4 is 0 Å². The van der Waals surface area contributed by atoms with Gasteiger partial charge in [0.1, 0.15) is 0 Å². The van der Waals surface area contributed by atoms with Crippen molar-refractivity contribution in [2.24, 2.45) is 0 Å². The van der Waals surface area contributed by atoms with Gasteiger partial charge in [-0.2, -0.15) is 0 Å². The SMILES string of the molecule is c1ccc2c(Cn3ccnc3)ccc(Cn3ccnc3)c2c1. The molecule has 0 radical (unpaired) electrons. The number of imidazole rings is 2. The number of hydrogen-bond donors (Lipinski definition) is 0. The molecular weight excluding hydrogens is 272 g/mol. The molecule has 4 heteroatoms. The quantitative estimate of drug-likeness (QED) is 0.577. The second kappa shape index (κ2) is 5.48. The Kier molecular flexibility index (Phi) is 3.20. The van der Waals surface area contributed by atoms with Gasteiger partial charge in [-0.05, 0) is 21.9 Å². The summed E-state index contributed by atoms with van der Waals surface area (Å²) in [6.45, 7) is 1.68. The second-order valence-electron chi connectivity index (χ2n) is 5.40. The Bertz CT molecular complexity index is 802. The zero-order valence-corrected chi connectivity index (χ0v) is 12.1. The Morgan fingerprint density at radius 3 is 1.59 bits per heavy atom. The number of hydrogen-bond acceptors (Lipinski definition) is 2. The van der Waals surface area contributed by atoms with Crippen LogP contribution in [-0.2, 0) is 13.1 Å². The average molecular weight is 288 g/mol. The summed E-state index contributed by atoms with van der Waals surface area (Å²) >= 11 is 0. The van der Waals surface area contributed by atoms with Crippen LogP contribution in [-0.4, -0.2) is 19.1 Å². The van der Waals surface area contributed by atoms with Gasteiger partial charge < -0.3 is 9.13 Å². The monoisotopic (exact) mass is 288 g/mol.